The number of thioether (sulfide) groups is 4. The van der Waals surface area contributed by atoms with Gasteiger partial charge < -0.3 is 97.7 Å². The van der Waals surface area contributed by atoms with E-state index in [1.807, 2.05) is 78.9 Å². The lowest BCUT2D eigenvalue weighted by atomic mass is 9.91. The molecule has 12 aliphatic rings. The molecule has 20 nitrogen and oxygen atoms in total. The van der Waals surface area contributed by atoms with Crippen LogP contribution in [-0.2, 0) is 56.8 Å². The van der Waals surface area contributed by atoms with Gasteiger partial charge in [0.2, 0.25) is 0 Å². The minimum atomic E-state index is -0.974. The first kappa shape index (κ1) is 83.3. The molecule has 0 radical (unpaired) electrons. The number of ether oxygens (including phenoxy) is 12. The Morgan fingerprint density at radius 1 is 0.272 bits per heavy atom. The fourth-order valence-electron chi connectivity index (χ4n) is 12.1. The lowest BCUT2D eigenvalue weighted by Gasteiger charge is -2.40. The van der Waals surface area contributed by atoms with Crippen molar-refractivity contribution < 1.29 is 97.7 Å². The van der Waals surface area contributed by atoms with Gasteiger partial charge in [-0.15, -0.1) is 0 Å². The first-order valence-electron chi connectivity index (χ1n) is 35.4. The van der Waals surface area contributed by atoms with E-state index < -0.39 is 59.5 Å². The van der Waals surface area contributed by atoms with E-state index in [4.69, 9.17) is 56.8 Å². The molecule has 0 aromatic rings. The van der Waals surface area contributed by atoms with Crippen LogP contribution in [0.2, 0.25) is 0 Å². The van der Waals surface area contributed by atoms with Crippen LogP contribution in [0.15, 0.2) is 0 Å². The van der Waals surface area contributed by atoms with Crippen LogP contribution in [0.1, 0.15) is 235 Å². The number of hydrogen-bond donors (Lipinski definition) is 8. The highest BCUT2D eigenvalue weighted by Gasteiger charge is 2.45. The summed E-state index contributed by atoms with van der Waals surface area (Å²) in [7, 11) is 0. The second-order valence-corrected chi connectivity index (χ2v) is 34.3. The number of aliphatic hydroxyl groups excluding tert-OH is 4. The predicted octanol–water partition coefficient (Wildman–Crippen LogP) is 10.7. The Labute approximate surface area is 570 Å². The van der Waals surface area contributed by atoms with Crippen molar-refractivity contribution >= 4 is 47.0 Å². The van der Waals surface area contributed by atoms with Crippen molar-refractivity contribution in [2.75, 3.05) is 102 Å². The van der Waals surface area contributed by atoms with E-state index >= 15 is 0 Å². The summed E-state index contributed by atoms with van der Waals surface area (Å²) < 4.78 is 64.2. The predicted molar refractivity (Wildman–Crippen MR) is 366 cm³/mol. The average molecular weight is 1390 g/mol. The molecule has 0 aromatic carbocycles. The van der Waals surface area contributed by atoms with Crippen LogP contribution in [0.25, 0.3) is 0 Å². The summed E-state index contributed by atoms with van der Waals surface area (Å²) in [6.45, 7) is 23.7. The monoisotopic (exact) mass is 1390 g/mol. The van der Waals surface area contributed by atoms with Crippen LogP contribution in [0.3, 0.4) is 0 Å². The van der Waals surface area contributed by atoms with Gasteiger partial charge in [-0.1, -0.05) is 25.7 Å². The molecule has 24 heteroatoms. The molecule has 544 valence electrons. The Bertz CT molecular complexity index is 1800. The molecule has 8 N–H and O–H groups in total. The molecule has 8 aliphatic heterocycles. The number of rotatable bonds is 0. The molecule has 4 aliphatic carbocycles. The maximum absolute atomic E-state index is 10.3. The summed E-state index contributed by atoms with van der Waals surface area (Å²) in [5.41, 5.74) is -1.10. The van der Waals surface area contributed by atoms with Crippen molar-refractivity contribution in [3.63, 3.8) is 0 Å². The minimum absolute atomic E-state index is 0.0752. The van der Waals surface area contributed by atoms with Crippen LogP contribution in [0.4, 0.5) is 0 Å². The van der Waals surface area contributed by atoms with Gasteiger partial charge in [-0.05, 0) is 207 Å². The van der Waals surface area contributed by atoms with Gasteiger partial charge in [-0.2, -0.15) is 47.0 Å². The highest BCUT2D eigenvalue weighted by atomic mass is 32.2. The van der Waals surface area contributed by atoms with Crippen molar-refractivity contribution in [1.29, 1.82) is 0 Å². The minimum Gasteiger partial charge on any atom is -0.373 e. The maximum atomic E-state index is 10.3. The molecule has 8 heterocycles. The van der Waals surface area contributed by atoms with Gasteiger partial charge in [-0.3, -0.25) is 0 Å². The third kappa shape index (κ3) is 29.7. The van der Waals surface area contributed by atoms with Crippen LogP contribution in [0.5, 0.6) is 0 Å². The largest absolute Gasteiger partial charge is 0.373 e. The zero-order chi connectivity index (χ0) is 67.0. The summed E-state index contributed by atoms with van der Waals surface area (Å²) in [4.78, 5) is 0. The molecule has 0 amide bonds. The fraction of sp³-hybridized carbons (Fsp3) is 1.00. The molecule has 4 saturated carbocycles. The Balaban J connectivity index is 0.000000191. The van der Waals surface area contributed by atoms with Crippen LogP contribution >= 0.6 is 47.0 Å². The summed E-state index contributed by atoms with van der Waals surface area (Å²) in [5.74, 6) is 1.05. The molecule has 12 atom stereocenters. The zero-order valence-electron chi connectivity index (χ0n) is 57.8. The first-order chi connectivity index (χ1) is 43.8. The molecule has 12 fully saturated rings. The first-order valence-corrected chi connectivity index (χ1v) is 39.5. The van der Waals surface area contributed by atoms with Crippen LogP contribution in [0, 0.1) is 0 Å². The van der Waals surface area contributed by atoms with Crippen molar-refractivity contribution in [2.45, 2.75) is 327 Å². The van der Waals surface area contributed by atoms with Crippen molar-refractivity contribution in [2.24, 2.45) is 0 Å². The maximum Gasteiger partial charge on any atom is 0.192 e. The lowest BCUT2D eigenvalue weighted by Crippen LogP contribution is -2.49. The standard InChI is InChI=1S/C10H18O3.C10H18O2S.C9H16O3.C9H16O2S.C8H16O3.C8H16O2S.C7H14O3.C7H14O2S/c11-10-6-2-1-5-9(10)12-7-3-4-8-13-10;11-10-6-2-1-5-9(10)13-8-4-3-7-12-10;10-9-5-2-1-4-8(9)11-6-3-7-12-9;10-9-5-2-1-4-8(9)12-7-3-6-11-9;2*1-8(2)7(9)10-5-3-4-6-11-8;2*1-7(2)6(8)9-4-3-5-10-7/h2*9,11H,1-8H2;2*8,10H,1-7H2;2*7,9H,3-6H2,1-2H3;2*6,8H,3-5H2,1-2H3. The second-order valence-electron chi connectivity index (χ2n) is 28.1. The van der Waals surface area contributed by atoms with Gasteiger partial charge in [0.05, 0.1) is 59.6 Å². The number of hydrogen-bond acceptors (Lipinski definition) is 24. The van der Waals surface area contributed by atoms with E-state index in [1.54, 1.807) is 23.5 Å². The molecule has 12 rings (SSSR count). The number of fused-ring (bicyclic) bond motifs is 4. The van der Waals surface area contributed by atoms with E-state index in [0.717, 1.165) is 198 Å². The van der Waals surface area contributed by atoms with Crippen molar-refractivity contribution in [3.05, 3.63) is 0 Å². The third-order valence-electron chi connectivity index (χ3n) is 18.4. The summed E-state index contributed by atoms with van der Waals surface area (Å²) >= 11 is 7.36. The topological polar surface area (TPSA) is 273 Å². The summed E-state index contributed by atoms with van der Waals surface area (Å²) in [5, 5.41) is 78.8. The molecule has 0 spiro atoms. The van der Waals surface area contributed by atoms with E-state index in [0.29, 0.717) is 63.4 Å². The third-order valence-corrected chi connectivity index (χ3v) is 24.3. The summed E-state index contributed by atoms with van der Waals surface area (Å²) in [6, 6.07) is 0. The molecule has 8 saturated heterocycles. The molecule has 0 bridgehead atoms. The molecular weight excluding hydrogens is 1260 g/mol. The molecule has 92 heavy (non-hydrogen) atoms. The lowest BCUT2D eigenvalue weighted by molar-refractivity contribution is -0.287. The quantitative estimate of drug-likeness (QED) is 0.112. The Morgan fingerprint density at radius 2 is 0.565 bits per heavy atom. The van der Waals surface area contributed by atoms with E-state index in [9.17, 15) is 40.9 Å². The van der Waals surface area contributed by atoms with Gasteiger partial charge in [0.1, 0.15) is 23.4 Å². The second kappa shape index (κ2) is 42.8. The Kier molecular flexibility index (Phi) is 38.7. The molecular formula is C68H128O20S4. The smallest absolute Gasteiger partial charge is 0.192 e. The number of aliphatic hydroxyl groups is 8. The van der Waals surface area contributed by atoms with E-state index in [-0.39, 0.29) is 21.7 Å². The Hall–Kier alpha value is 0.600. The van der Waals surface area contributed by atoms with E-state index in [2.05, 4.69) is 0 Å². The highest BCUT2D eigenvalue weighted by molar-refractivity contribution is 8.01. The van der Waals surface area contributed by atoms with Gasteiger partial charge in [-0.25, -0.2) is 0 Å². The van der Waals surface area contributed by atoms with Gasteiger partial charge in [0.15, 0.2) is 48.3 Å². The highest BCUT2D eigenvalue weighted by Crippen LogP contribution is 2.42. The average Bonchev–Trinajstić information content (AvgIpc) is 1.14. The molecule has 0 aromatic heterocycles. The molecule has 12 unspecified atom stereocenters. The normalized spacial score (nSPS) is 38.1. The van der Waals surface area contributed by atoms with E-state index in [1.165, 1.54) is 31.4 Å². The Morgan fingerprint density at radius 3 is 1.07 bits per heavy atom. The van der Waals surface area contributed by atoms with Crippen molar-refractivity contribution in [1.82, 2.24) is 0 Å². The fourth-order valence-corrected chi connectivity index (χ4v) is 16.9. The van der Waals surface area contributed by atoms with Gasteiger partial charge in [0.25, 0.3) is 0 Å². The van der Waals surface area contributed by atoms with Crippen LogP contribution < -0.4 is 0 Å². The zero-order valence-corrected chi connectivity index (χ0v) is 61.1. The van der Waals surface area contributed by atoms with Gasteiger partial charge >= 0.3 is 0 Å². The van der Waals surface area contributed by atoms with Crippen molar-refractivity contribution in [3.8, 4) is 0 Å². The van der Waals surface area contributed by atoms with Gasteiger partial charge in [0, 0.05) is 65.3 Å². The SMILES string of the molecule is CC1(C)OCCCCOC1O.CC1(C)OCCCOC1O.CC1(C)SCCCCOC1O.CC1(C)SCCCOC1O.OC12CCCCC1OCCCCO2.OC12CCCCC1OCCCO2.OC12CCCCC1SCCCCO2.OC12CCCCC1SCCCO2. The summed E-state index contributed by atoms with van der Waals surface area (Å²) in [6.07, 6.45) is 26.0. The van der Waals surface area contributed by atoms with Crippen LogP contribution in [-0.4, -0.2) is 235 Å².